The van der Waals surface area contributed by atoms with Crippen LogP contribution in [0.1, 0.15) is 61.5 Å². The molecule has 0 unspecified atom stereocenters. The Kier molecular flexibility index (Phi) is 4.90. The van der Waals surface area contributed by atoms with Crippen LogP contribution >= 0.6 is 0 Å². The van der Waals surface area contributed by atoms with E-state index in [0.29, 0.717) is 25.6 Å². The third kappa shape index (κ3) is 3.52. The lowest BCUT2D eigenvalue weighted by Crippen LogP contribution is -2.27. The number of aromatic nitrogens is 1. The minimum absolute atomic E-state index is 0.00372. The Morgan fingerprint density at radius 1 is 1.22 bits per heavy atom. The number of aliphatic hydroxyl groups excluding tert-OH is 1. The lowest BCUT2D eigenvalue weighted by Gasteiger charge is -2.26. The highest BCUT2D eigenvalue weighted by atomic mass is 16.3. The standard InChI is InChI=1S/C19H28N2O2/c1-14-12-16(8-9-19(23)20-11-10-18(22)13-20)15(2)21(14)17-6-4-3-5-7-17/h8-9,12,17-18,22H,3-7,10-11,13H2,1-2H3/b9-8+/t18-/m1/s1. The Balaban J connectivity index is 1.73. The summed E-state index contributed by atoms with van der Waals surface area (Å²) in [6, 6.07) is 2.81. The molecular weight excluding hydrogens is 288 g/mol. The highest BCUT2D eigenvalue weighted by molar-refractivity contribution is 5.92. The van der Waals surface area contributed by atoms with Gasteiger partial charge in [0.2, 0.25) is 5.91 Å². The molecule has 1 saturated carbocycles. The van der Waals surface area contributed by atoms with Crippen LogP contribution in [0, 0.1) is 13.8 Å². The topological polar surface area (TPSA) is 45.5 Å². The van der Waals surface area contributed by atoms with Gasteiger partial charge in [0, 0.05) is 36.6 Å². The molecule has 2 aliphatic rings. The van der Waals surface area contributed by atoms with Gasteiger partial charge in [-0.25, -0.2) is 0 Å². The monoisotopic (exact) mass is 316 g/mol. The van der Waals surface area contributed by atoms with Crippen LogP contribution in [-0.4, -0.2) is 39.7 Å². The molecular formula is C19H28N2O2. The molecule has 0 spiro atoms. The van der Waals surface area contributed by atoms with E-state index in [1.165, 1.54) is 43.5 Å². The third-order valence-corrected chi connectivity index (χ3v) is 5.34. The molecule has 23 heavy (non-hydrogen) atoms. The summed E-state index contributed by atoms with van der Waals surface area (Å²) in [4.78, 5) is 13.9. The van der Waals surface area contributed by atoms with Gasteiger partial charge < -0.3 is 14.6 Å². The van der Waals surface area contributed by atoms with E-state index < -0.39 is 0 Å². The van der Waals surface area contributed by atoms with Crippen molar-refractivity contribution in [3.05, 3.63) is 29.1 Å². The summed E-state index contributed by atoms with van der Waals surface area (Å²) < 4.78 is 2.46. The van der Waals surface area contributed by atoms with Crippen LogP contribution in [-0.2, 0) is 4.79 Å². The predicted molar refractivity (Wildman–Crippen MR) is 92.3 cm³/mol. The molecule has 0 aromatic carbocycles. The van der Waals surface area contributed by atoms with Crippen LogP contribution < -0.4 is 0 Å². The van der Waals surface area contributed by atoms with Gasteiger partial charge in [-0.15, -0.1) is 0 Å². The average Bonchev–Trinajstić information content (AvgIpc) is 3.09. The number of aryl methyl sites for hydroxylation is 1. The fourth-order valence-corrected chi connectivity index (χ4v) is 4.08. The van der Waals surface area contributed by atoms with Gasteiger partial charge in [-0.3, -0.25) is 4.79 Å². The number of aliphatic hydroxyl groups is 1. The molecule has 126 valence electrons. The van der Waals surface area contributed by atoms with Crippen LogP contribution in [0.3, 0.4) is 0 Å². The summed E-state index contributed by atoms with van der Waals surface area (Å²) in [6.07, 6.45) is 10.5. The van der Waals surface area contributed by atoms with Gasteiger partial charge in [0.1, 0.15) is 0 Å². The summed E-state index contributed by atoms with van der Waals surface area (Å²) in [5, 5.41) is 9.54. The predicted octanol–water partition coefficient (Wildman–Crippen LogP) is 3.22. The molecule has 1 aliphatic carbocycles. The molecule has 4 nitrogen and oxygen atoms in total. The van der Waals surface area contributed by atoms with Gasteiger partial charge in [-0.2, -0.15) is 0 Å². The van der Waals surface area contributed by atoms with Gasteiger partial charge in [-0.05, 0) is 50.8 Å². The van der Waals surface area contributed by atoms with E-state index >= 15 is 0 Å². The first-order valence-electron chi connectivity index (χ1n) is 8.89. The smallest absolute Gasteiger partial charge is 0.246 e. The SMILES string of the molecule is Cc1cc(/C=C/C(=O)N2CC[C@@H](O)C2)c(C)n1C1CCCCC1. The van der Waals surface area contributed by atoms with Gasteiger partial charge in [-0.1, -0.05) is 19.3 Å². The zero-order valence-corrected chi connectivity index (χ0v) is 14.3. The van der Waals surface area contributed by atoms with E-state index in [-0.39, 0.29) is 12.0 Å². The molecule has 0 bridgehead atoms. The van der Waals surface area contributed by atoms with Crippen molar-refractivity contribution in [3.63, 3.8) is 0 Å². The fourth-order valence-electron chi connectivity index (χ4n) is 4.08. The van der Waals surface area contributed by atoms with Crippen LogP contribution in [0.2, 0.25) is 0 Å². The van der Waals surface area contributed by atoms with Crippen molar-refractivity contribution in [2.45, 2.75) is 64.5 Å². The normalized spacial score (nSPS) is 23.1. The van der Waals surface area contributed by atoms with E-state index in [4.69, 9.17) is 0 Å². The fraction of sp³-hybridized carbons (Fsp3) is 0.632. The van der Waals surface area contributed by atoms with Crippen LogP contribution in [0.5, 0.6) is 0 Å². The molecule has 1 aromatic heterocycles. The molecule has 1 saturated heterocycles. The summed E-state index contributed by atoms with van der Waals surface area (Å²) in [5.41, 5.74) is 3.69. The zero-order chi connectivity index (χ0) is 16.4. The first kappa shape index (κ1) is 16.3. The van der Waals surface area contributed by atoms with Gasteiger partial charge in [0.25, 0.3) is 0 Å². The first-order chi connectivity index (χ1) is 11.1. The van der Waals surface area contributed by atoms with E-state index in [9.17, 15) is 9.90 Å². The molecule has 1 amide bonds. The Bertz CT molecular complexity index is 597. The van der Waals surface area contributed by atoms with E-state index in [2.05, 4.69) is 24.5 Å². The van der Waals surface area contributed by atoms with E-state index in [1.807, 2.05) is 6.08 Å². The van der Waals surface area contributed by atoms with E-state index in [0.717, 1.165) is 5.56 Å². The van der Waals surface area contributed by atoms with Crippen LogP contribution in [0.15, 0.2) is 12.1 Å². The maximum absolute atomic E-state index is 12.2. The Morgan fingerprint density at radius 3 is 2.61 bits per heavy atom. The number of rotatable bonds is 3. The Labute approximate surface area is 138 Å². The second-order valence-corrected chi connectivity index (χ2v) is 7.05. The molecule has 0 radical (unpaired) electrons. The van der Waals surface area contributed by atoms with Gasteiger partial charge in [0.15, 0.2) is 0 Å². The number of carbonyl (C=O) groups is 1. The molecule has 2 heterocycles. The summed E-state index contributed by atoms with van der Waals surface area (Å²) in [5.74, 6) is 0.00372. The van der Waals surface area contributed by atoms with Gasteiger partial charge >= 0.3 is 0 Å². The number of β-amino-alcohol motifs (C(OH)–C–C–N with tert-alkyl or cyclic N) is 1. The summed E-state index contributed by atoms with van der Waals surface area (Å²) >= 11 is 0. The molecule has 1 aliphatic heterocycles. The first-order valence-corrected chi connectivity index (χ1v) is 8.89. The van der Waals surface area contributed by atoms with Crippen molar-refractivity contribution in [2.75, 3.05) is 13.1 Å². The second kappa shape index (κ2) is 6.91. The quantitative estimate of drug-likeness (QED) is 0.870. The molecule has 4 heteroatoms. The highest BCUT2D eigenvalue weighted by Gasteiger charge is 2.23. The number of hydrogen-bond acceptors (Lipinski definition) is 2. The molecule has 2 fully saturated rings. The lowest BCUT2D eigenvalue weighted by molar-refractivity contribution is -0.125. The number of hydrogen-bond donors (Lipinski definition) is 1. The Morgan fingerprint density at radius 2 is 1.96 bits per heavy atom. The van der Waals surface area contributed by atoms with Gasteiger partial charge in [0.05, 0.1) is 6.10 Å². The summed E-state index contributed by atoms with van der Waals surface area (Å²) in [7, 11) is 0. The molecule has 1 atom stereocenters. The molecule has 1 aromatic rings. The minimum Gasteiger partial charge on any atom is -0.391 e. The largest absolute Gasteiger partial charge is 0.391 e. The van der Waals surface area contributed by atoms with Crippen molar-refractivity contribution in [3.8, 4) is 0 Å². The third-order valence-electron chi connectivity index (χ3n) is 5.34. The minimum atomic E-state index is -0.358. The van der Waals surface area contributed by atoms with Crippen molar-refractivity contribution >= 4 is 12.0 Å². The number of nitrogens with zero attached hydrogens (tertiary/aromatic N) is 2. The number of amides is 1. The Hall–Kier alpha value is -1.55. The average molecular weight is 316 g/mol. The van der Waals surface area contributed by atoms with Crippen molar-refractivity contribution < 1.29 is 9.90 Å². The van der Waals surface area contributed by atoms with Crippen molar-refractivity contribution in [2.24, 2.45) is 0 Å². The lowest BCUT2D eigenvalue weighted by atomic mass is 9.95. The van der Waals surface area contributed by atoms with Crippen molar-refractivity contribution in [1.82, 2.24) is 9.47 Å². The summed E-state index contributed by atoms with van der Waals surface area (Å²) in [6.45, 7) is 5.44. The van der Waals surface area contributed by atoms with Crippen molar-refractivity contribution in [1.29, 1.82) is 0 Å². The van der Waals surface area contributed by atoms with Crippen LogP contribution in [0.4, 0.5) is 0 Å². The maximum Gasteiger partial charge on any atom is 0.246 e. The molecule has 3 rings (SSSR count). The van der Waals surface area contributed by atoms with Crippen LogP contribution in [0.25, 0.3) is 6.08 Å². The van der Waals surface area contributed by atoms with E-state index in [1.54, 1.807) is 11.0 Å². The second-order valence-electron chi connectivity index (χ2n) is 7.05. The highest BCUT2D eigenvalue weighted by Crippen LogP contribution is 2.32. The number of carbonyl (C=O) groups excluding carboxylic acids is 1. The number of likely N-dealkylation sites (tertiary alicyclic amines) is 1. The molecule has 1 N–H and O–H groups in total. The zero-order valence-electron chi connectivity index (χ0n) is 14.3. The maximum atomic E-state index is 12.2.